The number of rotatable bonds is 2. The average Bonchev–Trinajstić information content (AvgIpc) is 2.78. The third-order valence-corrected chi connectivity index (χ3v) is 3.99. The van der Waals surface area contributed by atoms with Gasteiger partial charge in [0.15, 0.2) is 5.82 Å². The molecular formula is C14H18N4O2. The lowest BCUT2D eigenvalue weighted by molar-refractivity contribution is -0.142. The van der Waals surface area contributed by atoms with Crippen LogP contribution in [0.2, 0.25) is 0 Å². The first-order valence-corrected chi connectivity index (χ1v) is 6.86. The van der Waals surface area contributed by atoms with Crippen LogP contribution in [-0.4, -0.2) is 38.3 Å². The Hall–Kier alpha value is -2.11. The second-order valence-electron chi connectivity index (χ2n) is 5.47. The van der Waals surface area contributed by atoms with Crippen LogP contribution >= 0.6 is 0 Å². The number of hydrogen-bond donors (Lipinski definition) is 1. The van der Waals surface area contributed by atoms with Crippen molar-refractivity contribution in [1.29, 1.82) is 0 Å². The van der Waals surface area contributed by atoms with Gasteiger partial charge in [-0.2, -0.15) is 5.10 Å². The largest absolute Gasteiger partial charge is 0.481 e. The number of fused-ring (bicyclic) bond motifs is 1. The lowest BCUT2D eigenvalue weighted by atomic mass is 9.92. The first kappa shape index (κ1) is 12.9. The summed E-state index contributed by atoms with van der Waals surface area (Å²) in [5.41, 5.74) is 1.93. The summed E-state index contributed by atoms with van der Waals surface area (Å²) in [6, 6.07) is 2.18. The Balaban J connectivity index is 1.94. The van der Waals surface area contributed by atoms with E-state index in [0.29, 0.717) is 12.8 Å². The monoisotopic (exact) mass is 274 g/mol. The number of carboxylic acids is 1. The molecule has 1 N–H and O–H groups in total. The van der Waals surface area contributed by atoms with E-state index >= 15 is 0 Å². The second kappa shape index (κ2) is 4.77. The van der Waals surface area contributed by atoms with Crippen LogP contribution in [0.5, 0.6) is 0 Å². The average molecular weight is 274 g/mol. The first-order chi connectivity index (χ1) is 9.56. The minimum Gasteiger partial charge on any atom is -0.481 e. The van der Waals surface area contributed by atoms with Crippen molar-refractivity contribution >= 4 is 17.3 Å². The number of aliphatic carboxylic acids is 1. The number of piperidine rings is 1. The molecule has 2 atom stereocenters. The van der Waals surface area contributed by atoms with Crippen molar-refractivity contribution in [1.82, 2.24) is 14.6 Å². The molecule has 20 heavy (non-hydrogen) atoms. The molecule has 3 heterocycles. The van der Waals surface area contributed by atoms with Gasteiger partial charge in [-0.3, -0.25) is 4.79 Å². The summed E-state index contributed by atoms with van der Waals surface area (Å²) < 4.78 is 1.83. The Bertz CT molecular complexity index is 652. The zero-order valence-electron chi connectivity index (χ0n) is 11.7. The summed E-state index contributed by atoms with van der Waals surface area (Å²) in [4.78, 5) is 17.8. The molecule has 2 aromatic heterocycles. The van der Waals surface area contributed by atoms with Gasteiger partial charge in [0.2, 0.25) is 0 Å². The predicted octanol–water partition coefficient (Wildman–Crippen LogP) is 1.73. The molecule has 2 unspecified atom stereocenters. The molecule has 1 saturated heterocycles. The minimum atomic E-state index is -0.692. The predicted molar refractivity (Wildman–Crippen MR) is 74.9 cm³/mol. The molecule has 0 spiro atoms. The molecule has 6 heteroatoms. The first-order valence-electron chi connectivity index (χ1n) is 6.86. The van der Waals surface area contributed by atoms with Crippen molar-refractivity contribution in [3.05, 3.63) is 24.2 Å². The summed E-state index contributed by atoms with van der Waals surface area (Å²) in [6.45, 7) is 4.73. The van der Waals surface area contributed by atoms with E-state index in [1.54, 1.807) is 6.20 Å². The van der Waals surface area contributed by atoms with Crippen molar-refractivity contribution in [2.75, 3.05) is 11.4 Å². The topological polar surface area (TPSA) is 70.7 Å². The SMILES string of the molecule is Cc1cc2c(N3CCC(C(=O)O)CC3C)nccn2n1. The van der Waals surface area contributed by atoms with Gasteiger partial charge in [-0.05, 0) is 32.8 Å². The molecule has 6 nitrogen and oxygen atoms in total. The van der Waals surface area contributed by atoms with E-state index in [-0.39, 0.29) is 12.0 Å². The van der Waals surface area contributed by atoms with E-state index in [0.717, 1.165) is 23.6 Å². The van der Waals surface area contributed by atoms with E-state index in [1.165, 1.54) is 0 Å². The van der Waals surface area contributed by atoms with E-state index in [9.17, 15) is 4.79 Å². The quantitative estimate of drug-likeness (QED) is 0.903. The van der Waals surface area contributed by atoms with Gasteiger partial charge in [0, 0.05) is 25.0 Å². The number of carbonyl (C=O) groups is 1. The third-order valence-electron chi connectivity index (χ3n) is 3.99. The Morgan fingerprint density at radius 1 is 1.50 bits per heavy atom. The van der Waals surface area contributed by atoms with Crippen molar-refractivity contribution in [2.45, 2.75) is 32.7 Å². The third kappa shape index (κ3) is 2.11. The van der Waals surface area contributed by atoms with Crippen LogP contribution in [0.4, 0.5) is 5.82 Å². The van der Waals surface area contributed by atoms with Gasteiger partial charge < -0.3 is 10.0 Å². The Kier molecular flexibility index (Phi) is 3.08. The smallest absolute Gasteiger partial charge is 0.306 e. The van der Waals surface area contributed by atoms with Crippen molar-refractivity contribution in [3.63, 3.8) is 0 Å². The van der Waals surface area contributed by atoms with Crippen molar-refractivity contribution in [2.24, 2.45) is 5.92 Å². The Morgan fingerprint density at radius 2 is 2.30 bits per heavy atom. The van der Waals surface area contributed by atoms with E-state index < -0.39 is 5.97 Å². The van der Waals surface area contributed by atoms with Crippen LogP contribution in [0, 0.1) is 12.8 Å². The summed E-state index contributed by atoms with van der Waals surface area (Å²) in [5.74, 6) is -0.0417. The second-order valence-corrected chi connectivity index (χ2v) is 5.47. The zero-order chi connectivity index (χ0) is 14.3. The normalized spacial score (nSPS) is 23.2. The van der Waals surface area contributed by atoms with Gasteiger partial charge in [0.1, 0.15) is 5.52 Å². The van der Waals surface area contributed by atoms with Gasteiger partial charge in [-0.25, -0.2) is 9.50 Å². The van der Waals surface area contributed by atoms with Crippen LogP contribution in [0.3, 0.4) is 0 Å². The van der Waals surface area contributed by atoms with E-state index in [4.69, 9.17) is 5.11 Å². The highest BCUT2D eigenvalue weighted by atomic mass is 16.4. The molecule has 106 valence electrons. The number of anilines is 1. The standard InChI is InChI=1S/C14H18N4O2/c1-9-7-12-13(15-4-6-18(12)16-9)17-5-3-11(14(19)20)8-10(17)2/h4,6-7,10-11H,3,5,8H2,1-2H3,(H,19,20). The van der Waals surface area contributed by atoms with Crippen LogP contribution in [-0.2, 0) is 4.79 Å². The van der Waals surface area contributed by atoms with E-state index in [2.05, 4.69) is 21.9 Å². The van der Waals surface area contributed by atoms with Crippen LogP contribution in [0.1, 0.15) is 25.5 Å². The van der Waals surface area contributed by atoms with Gasteiger partial charge in [0.05, 0.1) is 11.6 Å². The number of hydrogen-bond acceptors (Lipinski definition) is 4. The van der Waals surface area contributed by atoms with Crippen molar-refractivity contribution in [3.8, 4) is 0 Å². The van der Waals surface area contributed by atoms with Crippen LogP contribution in [0.25, 0.3) is 5.52 Å². The highest BCUT2D eigenvalue weighted by Crippen LogP contribution is 2.29. The molecule has 0 aliphatic carbocycles. The maximum atomic E-state index is 11.1. The van der Waals surface area contributed by atoms with Gasteiger partial charge in [-0.1, -0.05) is 0 Å². The van der Waals surface area contributed by atoms with E-state index in [1.807, 2.05) is 23.7 Å². The molecule has 0 amide bonds. The molecular weight excluding hydrogens is 256 g/mol. The maximum Gasteiger partial charge on any atom is 0.306 e. The molecule has 1 aliphatic heterocycles. The molecule has 0 aromatic carbocycles. The summed E-state index contributed by atoms with van der Waals surface area (Å²) in [7, 11) is 0. The molecule has 0 saturated carbocycles. The van der Waals surface area contributed by atoms with Crippen LogP contribution < -0.4 is 4.90 Å². The Labute approximate surface area is 117 Å². The molecule has 2 aromatic rings. The number of aromatic nitrogens is 3. The van der Waals surface area contributed by atoms with Crippen molar-refractivity contribution < 1.29 is 9.90 Å². The molecule has 1 fully saturated rings. The fourth-order valence-electron chi connectivity index (χ4n) is 2.96. The van der Waals surface area contributed by atoms with Gasteiger partial charge in [-0.15, -0.1) is 0 Å². The highest BCUT2D eigenvalue weighted by molar-refractivity contribution is 5.72. The lowest BCUT2D eigenvalue weighted by Crippen LogP contribution is -2.43. The lowest BCUT2D eigenvalue weighted by Gasteiger charge is -2.37. The van der Waals surface area contributed by atoms with Gasteiger partial charge >= 0.3 is 5.97 Å². The Morgan fingerprint density at radius 3 is 3.00 bits per heavy atom. The fraction of sp³-hybridized carbons (Fsp3) is 0.500. The minimum absolute atomic E-state index is 0.166. The molecule has 0 radical (unpaired) electrons. The molecule has 1 aliphatic rings. The summed E-state index contributed by atoms with van der Waals surface area (Å²) >= 11 is 0. The number of carboxylic acid groups (broad SMARTS) is 1. The fourth-order valence-corrected chi connectivity index (χ4v) is 2.96. The highest BCUT2D eigenvalue weighted by Gasteiger charge is 2.31. The summed E-state index contributed by atoms with van der Waals surface area (Å²) in [6.07, 6.45) is 4.89. The molecule has 0 bridgehead atoms. The number of nitrogens with zero attached hydrogens (tertiary/aromatic N) is 4. The molecule has 3 rings (SSSR count). The summed E-state index contributed by atoms with van der Waals surface area (Å²) in [5, 5.41) is 13.5. The number of aryl methyl sites for hydroxylation is 1. The maximum absolute atomic E-state index is 11.1. The zero-order valence-corrected chi connectivity index (χ0v) is 11.7. The van der Waals surface area contributed by atoms with Gasteiger partial charge in [0.25, 0.3) is 0 Å². The van der Waals surface area contributed by atoms with Crippen LogP contribution in [0.15, 0.2) is 18.5 Å².